The van der Waals surface area contributed by atoms with E-state index in [1.54, 1.807) is 25.3 Å². The van der Waals surface area contributed by atoms with Crippen molar-refractivity contribution >= 4 is 16.9 Å². The lowest BCUT2D eigenvalue weighted by atomic mass is 10.2. The highest BCUT2D eigenvalue weighted by Gasteiger charge is 2.07. The van der Waals surface area contributed by atoms with Gasteiger partial charge >= 0.3 is 0 Å². The number of ether oxygens (including phenoxy) is 1. The number of hydrogen-bond acceptors (Lipinski definition) is 6. The predicted molar refractivity (Wildman–Crippen MR) is 77.1 cm³/mol. The summed E-state index contributed by atoms with van der Waals surface area (Å²) in [5, 5.41) is 6.98. The average Bonchev–Trinajstić information content (AvgIpc) is 2.92. The zero-order valence-corrected chi connectivity index (χ0v) is 11.4. The molecule has 1 aromatic carbocycles. The summed E-state index contributed by atoms with van der Waals surface area (Å²) in [6, 6.07) is 5.22. The van der Waals surface area contributed by atoms with Crippen molar-refractivity contribution in [1.29, 1.82) is 0 Å². The summed E-state index contributed by atoms with van der Waals surface area (Å²) in [6.45, 7) is 0.438. The Morgan fingerprint density at radius 1 is 1.43 bits per heavy atom. The molecule has 2 heterocycles. The van der Waals surface area contributed by atoms with Gasteiger partial charge in [0.25, 0.3) is 5.56 Å². The van der Waals surface area contributed by atoms with E-state index in [9.17, 15) is 4.79 Å². The molecule has 0 radical (unpaired) electrons. The second-order valence-corrected chi connectivity index (χ2v) is 4.52. The molecule has 3 aromatic rings. The van der Waals surface area contributed by atoms with Gasteiger partial charge in [0.05, 0.1) is 24.3 Å². The monoisotopic (exact) mass is 286 g/mol. The number of H-pyrrole nitrogens is 1. The third-order valence-electron chi connectivity index (χ3n) is 3.17. The van der Waals surface area contributed by atoms with Gasteiger partial charge in [0.2, 0.25) is 5.95 Å². The van der Waals surface area contributed by atoms with E-state index < -0.39 is 0 Å². The number of rotatable bonds is 4. The molecule has 8 nitrogen and oxygen atoms in total. The molecule has 0 aliphatic heterocycles. The fourth-order valence-corrected chi connectivity index (χ4v) is 2.07. The molecule has 0 aliphatic carbocycles. The highest BCUT2D eigenvalue weighted by Crippen LogP contribution is 2.15. The summed E-state index contributed by atoms with van der Waals surface area (Å²) in [5.74, 6) is 1.45. The Kier molecular flexibility index (Phi) is 3.27. The van der Waals surface area contributed by atoms with Gasteiger partial charge in [-0.15, -0.1) is 5.10 Å². The molecular formula is C13H14N6O2. The van der Waals surface area contributed by atoms with Gasteiger partial charge in [-0.05, 0) is 18.2 Å². The highest BCUT2D eigenvalue weighted by atomic mass is 16.5. The summed E-state index contributed by atoms with van der Waals surface area (Å²) in [6.07, 6.45) is 2.04. The fraction of sp³-hybridized carbons (Fsp3) is 0.231. The summed E-state index contributed by atoms with van der Waals surface area (Å²) < 4.78 is 6.66. The molecule has 0 bridgehead atoms. The maximum atomic E-state index is 12.4. The smallest absolute Gasteiger partial charge is 0.261 e. The first-order valence-electron chi connectivity index (χ1n) is 6.37. The molecule has 21 heavy (non-hydrogen) atoms. The van der Waals surface area contributed by atoms with Crippen LogP contribution in [0.4, 0.5) is 5.95 Å². The third-order valence-corrected chi connectivity index (χ3v) is 3.17. The first-order chi connectivity index (χ1) is 10.2. The van der Waals surface area contributed by atoms with Crippen LogP contribution in [0.2, 0.25) is 0 Å². The molecule has 0 unspecified atom stereocenters. The van der Waals surface area contributed by atoms with Gasteiger partial charge < -0.3 is 10.5 Å². The zero-order valence-electron chi connectivity index (χ0n) is 11.4. The van der Waals surface area contributed by atoms with Crippen molar-refractivity contribution in [3.05, 3.63) is 40.7 Å². The predicted octanol–water partition coefficient (Wildman–Crippen LogP) is 0.348. The number of aromatic amines is 1. The molecule has 108 valence electrons. The number of aryl methyl sites for hydroxylation is 2. The van der Waals surface area contributed by atoms with E-state index >= 15 is 0 Å². The largest absolute Gasteiger partial charge is 0.497 e. The van der Waals surface area contributed by atoms with Crippen LogP contribution in [0.25, 0.3) is 10.9 Å². The Morgan fingerprint density at radius 2 is 2.29 bits per heavy atom. The molecule has 0 amide bonds. The second-order valence-electron chi connectivity index (χ2n) is 4.52. The zero-order chi connectivity index (χ0) is 14.8. The average molecular weight is 286 g/mol. The second kappa shape index (κ2) is 5.23. The lowest BCUT2D eigenvalue weighted by molar-refractivity contribution is 0.415. The number of nitrogens with zero attached hydrogens (tertiary/aromatic N) is 4. The van der Waals surface area contributed by atoms with Crippen LogP contribution in [0.5, 0.6) is 5.75 Å². The van der Waals surface area contributed by atoms with Gasteiger partial charge in [-0.2, -0.15) is 4.98 Å². The SMILES string of the molecule is COc1ccc2ncn(CCc3nc(N)n[nH]3)c(=O)c2c1. The number of fused-ring (bicyclic) bond motifs is 1. The first kappa shape index (κ1) is 13.1. The van der Waals surface area contributed by atoms with Gasteiger partial charge in [0.15, 0.2) is 0 Å². The summed E-state index contributed by atoms with van der Waals surface area (Å²) in [4.78, 5) is 20.7. The van der Waals surface area contributed by atoms with E-state index in [0.29, 0.717) is 35.4 Å². The summed E-state index contributed by atoms with van der Waals surface area (Å²) >= 11 is 0. The number of nitrogens with two attached hydrogens (primary N) is 1. The number of nitrogen functional groups attached to an aromatic ring is 1. The highest BCUT2D eigenvalue weighted by molar-refractivity contribution is 5.78. The Bertz CT molecular complexity index is 838. The van der Waals surface area contributed by atoms with Gasteiger partial charge in [-0.1, -0.05) is 0 Å². The van der Waals surface area contributed by atoms with E-state index in [1.165, 1.54) is 10.9 Å². The van der Waals surface area contributed by atoms with E-state index in [-0.39, 0.29) is 11.5 Å². The van der Waals surface area contributed by atoms with Crippen molar-refractivity contribution in [3.63, 3.8) is 0 Å². The van der Waals surface area contributed by atoms with Crippen LogP contribution in [-0.2, 0) is 13.0 Å². The number of aromatic nitrogens is 5. The minimum Gasteiger partial charge on any atom is -0.497 e. The molecule has 0 aliphatic rings. The van der Waals surface area contributed by atoms with Crippen molar-refractivity contribution in [3.8, 4) is 5.75 Å². The Balaban J connectivity index is 1.92. The van der Waals surface area contributed by atoms with Crippen LogP contribution in [0.3, 0.4) is 0 Å². The Labute approximate surface area is 119 Å². The standard InChI is InChI=1S/C13H14N6O2/c1-21-8-2-3-10-9(6-8)12(20)19(7-15-10)5-4-11-16-13(14)18-17-11/h2-3,6-7H,4-5H2,1H3,(H3,14,16,17,18). The summed E-state index contributed by atoms with van der Waals surface area (Å²) in [7, 11) is 1.56. The molecule has 0 atom stereocenters. The van der Waals surface area contributed by atoms with Crippen LogP contribution < -0.4 is 16.0 Å². The van der Waals surface area contributed by atoms with Crippen LogP contribution in [0.15, 0.2) is 29.3 Å². The molecule has 0 fully saturated rings. The van der Waals surface area contributed by atoms with Crippen LogP contribution in [0.1, 0.15) is 5.82 Å². The normalized spacial score (nSPS) is 10.9. The fourth-order valence-electron chi connectivity index (χ4n) is 2.07. The molecular weight excluding hydrogens is 272 g/mol. The topological polar surface area (TPSA) is 112 Å². The summed E-state index contributed by atoms with van der Waals surface area (Å²) in [5.41, 5.74) is 5.96. The van der Waals surface area contributed by atoms with Crippen LogP contribution >= 0.6 is 0 Å². The van der Waals surface area contributed by atoms with Crippen molar-refractivity contribution in [2.24, 2.45) is 0 Å². The maximum absolute atomic E-state index is 12.4. The molecule has 2 aromatic heterocycles. The molecule has 3 rings (SSSR count). The number of anilines is 1. The van der Waals surface area contributed by atoms with Crippen molar-refractivity contribution in [2.75, 3.05) is 12.8 Å². The van der Waals surface area contributed by atoms with Gasteiger partial charge in [0, 0.05) is 13.0 Å². The van der Waals surface area contributed by atoms with E-state index in [4.69, 9.17) is 10.5 Å². The van der Waals surface area contributed by atoms with Crippen molar-refractivity contribution in [1.82, 2.24) is 24.7 Å². The minimum absolute atomic E-state index is 0.119. The third kappa shape index (κ3) is 2.55. The van der Waals surface area contributed by atoms with Gasteiger partial charge in [-0.25, -0.2) is 4.98 Å². The Hall–Kier alpha value is -2.90. The minimum atomic E-state index is -0.119. The van der Waals surface area contributed by atoms with E-state index in [0.717, 1.165) is 0 Å². The van der Waals surface area contributed by atoms with Gasteiger partial charge in [-0.3, -0.25) is 14.5 Å². The lowest BCUT2D eigenvalue weighted by Gasteiger charge is -2.06. The first-order valence-corrected chi connectivity index (χ1v) is 6.37. The maximum Gasteiger partial charge on any atom is 0.261 e. The molecule has 8 heteroatoms. The van der Waals surface area contributed by atoms with E-state index in [1.807, 2.05) is 0 Å². The molecule has 0 spiro atoms. The van der Waals surface area contributed by atoms with Crippen LogP contribution in [-0.4, -0.2) is 31.8 Å². The Morgan fingerprint density at radius 3 is 3.00 bits per heavy atom. The number of hydrogen-bond donors (Lipinski definition) is 2. The number of benzene rings is 1. The number of methoxy groups -OCH3 is 1. The molecule has 3 N–H and O–H groups in total. The van der Waals surface area contributed by atoms with Crippen LogP contribution in [0, 0.1) is 0 Å². The van der Waals surface area contributed by atoms with Gasteiger partial charge in [0.1, 0.15) is 11.6 Å². The lowest BCUT2D eigenvalue weighted by Crippen LogP contribution is -2.21. The van der Waals surface area contributed by atoms with Crippen molar-refractivity contribution < 1.29 is 4.74 Å². The van der Waals surface area contributed by atoms with E-state index in [2.05, 4.69) is 20.2 Å². The molecule has 0 saturated carbocycles. The quantitative estimate of drug-likeness (QED) is 0.715. The van der Waals surface area contributed by atoms with Crippen molar-refractivity contribution in [2.45, 2.75) is 13.0 Å². The number of nitrogens with one attached hydrogen (secondary N) is 1. The molecule has 0 saturated heterocycles.